The normalized spacial score (nSPS) is 26.5. The number of amides is 1. The highest BCUT2D eigenvalue weighted by atomic mass is 127. The average molecular weight is 616 g/mol. The monoisotopic (exact) mass is 615 g/mol. The molecule has 184 valence electrons. The van der Waals surface area contributed by atoms with Crippen molar-refractivity contribution in [3.8, 4) is 0 Å². The van der Waals surface area contributed by atoms with Crippen LogP contribution in [0.4, 0.5) is 5.69 Å². The summed E-state index contributed by atoms with van der Waals surface area (Å²) in [7, 11) is 0. The first-order valence-corrected chi connectivity index (χ1v) is 11.9. The molecule has 1 amide bonds. The summed E-state index contributed by atoms with van der Waals surface area (Å²) >= 11 is 6.76. The number of benzene rings is 2. The number of nitrogens with two attached hydrogens (primary N) is 1. The van der Waals surface area contributed by atoms with Crippen molar-refractivity contribution in [2.45, 2.75) is 30.9 Å². The Labute approximate surface area is 229 Å². The molecular formula is C26H23ClIN5O3. The number of hydrogen-bond donors (Lipinski definition) is 3. The Balaban J connectivity index is 0.00000267. The molecule has 6 rings (SSSR count). The van der Waals surface area contributed by atoms with Crippen molar-refractivity contribution in [1.82, 2.24) is 10.6 Å². The fraction of sp³-hybridized carbons (Fsp3) is 0.231. The molecule has 3 aliphatic heterocycles. The fourth-order valence-electron chi connectivity index (χ4n) is 5.69. The van der Waals surface area contributed by atoms with Crippen LogP contribution in [-0.4, -0.2) is 51.5 Å². The van der Waals surface area contributed by atoms with Gasteiger partial charge in [0.2, 0.25) is 17.3 Å². The standard InChI is InChI=1S/C26H22ClN5O3.HI/c1-3-31-13(2)30-26(23(27)25(35)32(26)14-9-5-4-6-10-14)18-19(28)17-20(29-24(18)31)22(34)16-12-8-7-11-15(16)21(17)33;/h4-12,20,23H,3H2,1-2H3,(H3,28,29,33);1H. The largest absolute Gasteiger partial charge is 1.00 e. The third-order valence-corrected chi connectivity index (χ3v) is 7.73. The number of Topliss-reactive ketones (excluding diaryl/α,β-unsaturated/α-hetero) is 2. The molecule has 4 aliphatic rings. The SMILES string of the molecule is CC[N+]1=C(C)NC2(C3=C1NC1C(=O)c4ccccc4C(=O)C1=C3N)C(Cl)C(=O)N2c1ccccc1.[I-]. The number of amidine groups is 1. The molecule has 1 aliphatic carbocycles. The quantitative estimate of drug-likeness (QED) is 0.171. The number of ketones is 2. The molecule has 0 saturated carbocycles. The Morgan fingerprint density at radius 1 is 1.06 bits per heavy atom. The smallest absolute Gasteiger partial charge is 0.254 e. The van der Waals surface area contributed by atoms with E-state index in [9.17, 15) is 14.4 Å². The number of hydrogen-bond acceptors (Lipinski definition) is 6. The van der Waals surface area contributed by atoms with Gasteiger partial charge in [0.25, 0.3) is 5.91 Å². The van der Waals surface area contributed by atoms with Crippen LogP contribution in [0.25, 0.3) is 0 Å². The van der Waals surface area contributed by atoms with E-state index in [1.165, 1.54) is 0 Å². The van der Waals surface area contributed by atoms with E-state index in [-0.39, 0.29) is 52.7 Å². The second-order valence-corrected chi connectivity index (χ2v) is 9.40. The van der Waals surface area contributed by atoms with Crippen LogP contribution >= 0.6 is 11.6 Å². The average Bonchev–Trinajstić information content (AvgIpc) is 2.87. The molecule has 0 radical (unpaired) electrons. The van der Waals surface area contributed by atoms with Gasteiger partial charge in [-0.1, -0.05) is 42.5 Å². The molecule has 0 aromatic heterocycles. The van der Waals surface area contributed by atoms with E-state index >= 15 is 0 Å². The number of fused-ring (bicyclic) bond motifs is 3. The topological polar surface area (TPSA) is 108 Å². The predicted octanol–water partition coefficient (Wildman–Crippen LogP) is -1.13. The summed E-state index contributed by atoms with van der Waals surface area (Å²) < 4.78 is 1.94. The van der Waals surface area contributed by atoms with Gasteiger partial charge in [0, 0.05) is 23.7 Å². The highest BCUT2D eigenvalue weighted by molar-refractivity contribution is 6.39. The Morgan fingerprint density at radius 3 is 2.36 bits per heavy atom. The van der Waals surface area contributed by atoms with E-state index in [1.54, 1.807) is 29.2 Å². The summed E-state index contributed by atoms with van der Waals surface area (Å²) in [6, 6.07) is 15.0. The molecular weight excluding hydrogens is 593 g/mol. The highest BCUT2D eigenvalue weighted by Gasteiger charge is 2.70. The second-order valence-electron chi connectivity index (χ2n) is 8.96. The maximum Gasteiger partial charge on any atom is 0.254 e. The van der Waals surface area contributed by atoms with E-state index in [0.717, 1.165) is 5.84 Å². The van der Waals surface area contributed by atoms with E-state index in [4.69, 9.17) is 17.3 Å². The summed E-state index contributed by atoms with van der Waals surface area (Å²) in [6.45, 7) is 4.40. The Bertz CT molecular complexity index is 1450. The number of dihydropyridines is 1. The number of anilines is 1. The maximum atomic E-state index is 13.6. The molecule has 1 spiro atoms. The molecule has 0 bridgehead atoms. The van der Waals surface area contributed by atoms with Gasteiger partial charge in [-0.15, -0.1) is 11.6 Å². The first-order chi connectivity index (χ1) is 16.8. The van der Waals surface area contributed by atoms with Gasteiger partial charge in [-0.3, -0.25) is 29.9 Å². The molecule has 4 N–H and O–H groups in total. The Morgan fingerprint density at radius 2 is 1.69 bits per heavy atom. The first-order valence-electron chi connectivity index (χ1n) is 11.4. The summed E-state index contributed by atoms with van der Waals surface area (Å²) in [6.07, 6.45) is 0. The van der Waals surface area contributed by atoms with Gasteiger partial charge < -0.3 is 29.7 Å². The Hall–Kier alpha value is -3.18. The van der Waals surface area contributed by atoms with Gasteiger partial charge in [0.1, 0.15) is 5.57 Å². The molecule has 3 unspecified atom stereocenters. The summed E-state index contributed by atoms with van der Waals surface area (Å²) in [4.78, 5) is 41.8. The van der Waals surface area contributed by atoms with E-state index < -0.39 is 17.1 Å². The summed E-state index contributed by atoms with van der Waals surface area (Å²) in [5, 5.41) is 5.76. The lowest BCUT2D eigenvalue weighted by molar-refractivity contribution is -0.486. The fourth-order valence-corrected chi connectivity index (χ4v) is 6.05. The van der Waals surface area contributed by atoms with Crippen LogP contribution < -0.4 is 45.2 Å². The van der Waals surface area contributed by atoms with E-state index in [1.807, 2.05) is 48.8 Å². The molecule has 3 heterocycles. The van der Waals surface area contributed by atoms with Crippen molar-refractivity contribution < 1.29 is 42.9 Å². The van der Waals surface area contributed by atoms with Crippen molar-refractivity contribution in [3.63, 3.8) is 0 Å². The van der Waals surface area contributed by atoms with Crippen molar-refractivity contribution in [1.29, 1.82) is 0 Å². The second kappa shape index (κ2) is 8.45. The van der Waals surface area contributed by atoms with Crippen molar-refractivity contribution in [2.24, 2.45) is 5.73 Å². The minimum Gasteiger partial charge on any atom is -1.00 e. The van der Waals surface area contributed by atoms with Crippen LogP contribution in [-0.2, 0) is 4.79 Å². The molecule has 2 aromatic carbocycles. The van der Waals surface area contributed by atoms with Crippen molar-refractivity contribution in [3.05, 3.63) is 88.4 Å². The molecule has 2 aromatic rings. The zero-order valence-corrected chi connectivity index (χ0v) is 22.4. The number of nitrogens with one attached hydrogen (secondary N) is 2. The zero-order chi connectivity index (χ0) is 24.6. The van der Waals surface area contributed by atoms with E-state index in [0.29, 0.717) is 34.8 Å². The first kappa shape index (κ1) is 24.5. The number of rotatable bonds is 2. The zero-order valence-electron chi connectivity index (χ0n) is 19.5. The van der Waals surface area contributed by atoms with Crippen LogP contribution in [0, 0.1) is 0 Å². The third-order valence-electron chi connectivity index (χ3n) is 7.22. The number of carbonyl (C=O) groups excluding carboxylic acids is 3. The van der Waals surface area contributed by atoms with Crippen LogP contribution in [0.1, 0.15) is 34.6 Å². The van der Waals surface area contributed by atoms with Gasteiger partial charge in [0.15, 0.2) is 23.0 Å². The third kappa shape index (κ3) is 2.92. The molecule has 1 saturated heterocycles. The van der Waals surface area contributed by atoms with Crippen LogP contribution in [0.15, 0.2) is 77.3 Å². The van der Waals surface area contributed by atoms with Gasteiger partial charge in [-0.25, -0.2) is 4.58 Å². The van der Waals surface area contributed by atoms with E-state index in [2.05, 4.69) is 10.6 Å². The molecule has 36 heavy (non-hydrogen) atoms. The van der Waals surface area contributed by atoms with Crippen LogP contribution in [0.5, 0.6) is 0 Å². The summed E-state index contributed by atoms with van der Waals surface area (Å²) in [5.74, 6) is 0.484. The minimum atomic E-state index is -1.24. The molecule has 8 nitrogen and oxygen atoms in total. The number of β-lactam (4-membered cyclic amide) rings is 1. The molecule has 1 fully saturated rings. The van der Waals surface area contributed by atoms with Gasteiger partial charge in [-0.05, 0) is 19.1 Å². The van der Waals surface area contributed by atoms with Crippen LogP contribution in [0.2, 0.25) is 0 Å². The number of halogens is 2. The lowest BCUT2D eigenvalue weighted by Gasteiger charge is -2.56. The van der Waals surface area contributed by atoms with Gasteiger partial charge in [-0.2, -0.15) is 0 Å². The minimum absolute atomic E-state index is 0. The maximum absolute atomic E-state index is 13.6. The van der Waals surface area contributed by atoms with Crippen molar-refractivity contribution in [2.75, 3.05) is 11.4 Å². The molecule has 3 atom stereocenters. The lowest BCUT2D eigenvalue weighted by atomic mass is 9.73. The summed E-state index contributed by atoms with van der Waals surface area (Å²) in [5.41, 5.74) is 7.70. The number of para-hydroxylation sites is 1. The number of nitrogens with zero attached hydrogens (tertiary/aromatic N) is 2. The Kier molecular flexibility index (Phi) is 5.75. The number of carbonyl (C=O) groups is 3. The lowest BCUT2D eigenvalue weighted by Crippen LogP contribution is -3.00. The van der Waals surface area contributed by atoms with Gasteiger partial charge in [0.05, 0.1) is 17.8 Å². The van der Waals surface area contributed by atoms with Crippen LogP contribution in [0.3, 0.4) is 0 Å². The molecule has 10 heteroatoms. The van der Waals surface area contributed by atoms with Gasteiger partial charge >= 0.3 is 0 Å². The number of alkyl halides is 1. The highest BCUT2D eigenvalue weighted by Crippen LogP contribution is 2.49. The predicted molar refractivity (Wildman–Crippen MR) is 131 cm³/mol. The van der Waals surface area contributed by atoms with Crippen molar-refractivity contribution >= 4 is 40.6 Å².